The summed E-state index contributed by atoms with van der Waals surface area (Å²) in [5, 5.41) is 0.186. The molecule has 0 atom stereocenters. The molecule has 0 aliphatic carbocycles. The largest absolute Gasteiger partial charge is 0.313 e. The number of anilines is 1. The van der Waals surface area contributed by atoms with Crippen LogP contribution in [0.4, 0.5) is 10.1 Å². The second-order valence-corrected chi connectivity index (χ2v) is 3.36. The number of amides is 1. The summed E-state index contributed by atoms with van der Waals surface area (Å²) < 4.78 is 12.7. The van der Waals surface area contributed by atoms with Crippen LogP contribution in [0.15, 0.2) is 18.2 Å². The SMILES string of the molecule is CN(C(=O)CCl)c1ccc(F)cc1Cl. The average molecular weight is 236 g/mol. The molecule has 1 aromatic rings. The van der Waals surface area contributed by atoms with Crippen molar-refractivity contribution in [3.05, 3.63) is 29.0 Å². The summed E-state index contributed by atoms with van der Waals surface area (Å²) in [6, 6.07) is 3.82. The first-order valence-electron chi connectivity index (χ1n) is 3.84. The number of nitrogens with zero attached hydrogens (tertiary/aromatic N) is 1. The van der Waals surface area contributed by atoms with Crippen LogP contribution in [0.1, 0.15) is 0 Å². The zero-order valence-electron chi connectivity index (χ0n) is 7.43. The Morgan fingerprint density at radius 2 is 2.21 bits per heavy atom. The van der Waals surface area contributed by atoms with Crippen LogP contribution >= 0.6 is 23.2 Å². The van der Waals surface area contributed by atoms with Crippen LogP contribution in [0, 0.1) is 5.82 Å². The lowest BCUT2D eigenvalue weighted by atomic mass is 10.3. The van der Waals surface area contributed by atoms with Gasteiger partial charge in [0.05, 0.1) is 10.7 Å². The Hall–Kier alpha value is -0.800. The van der Waals surface area contributed by atoms with Gasteiger partial charge in [-0.05, 0) is 18.2 Å². The zero-order valence-corrected chi connectivity index (χ0v) is 8.94. The van der Waals surface area contributed by atoms with E-state index in [1.165, 1.54) is 24.1 Å². The Balaban J connectivity index is 3.01. The molecule has 1 amide bonds. The summed E-state index contributed by atoms with van der Waals surface area (Å²) in [7, 11) is 1.53. The summed E-state index contributed by atoms with van der Waals surface area (Å²) in [6.07, 6.45) is 0. The Kier molecular flexibility index (Phi) is 3.72. The highest BCUT2D eigenvalue weighted by Gasteiger charge is 2.12. The minimum atomic E-state index is -0.439. The number of benzene rings is 1. The molecule has 5 heteroatoms. The van der Waals surface area contributed by atoms with Crippen molar-refractivity contribution in [1.29, 1.82) is 0 Å². The molecule has 14 heavy (non-hydrogen) atoms. The highest BCUT2D eigenvalue weighted by molar-refractivity contribution is 6.34. The van der Waals surface area contributed by atoms with Gasteiger partial charge in [0.1, 0.15) is 11.7 Å². The van der Waals surface area contributed by atoms with Gasteiger partial charge in [0, 0.05) is 7.05 Å². The topological polar surface area (TPSA) is 20.3 Å². The van der Waals surface area contributed by atoms with Crippen molar-refractivity contribution in [3.8, 4) is 0 Å². The van der Waals surface area contributed by atoms with Crippen molar-refractivity contribution < 1.29 is 9.18 Å². The van der Waals surface area contributed by atoms with E-state index < -0.39 is 5.82 Å². The fourth-order valence-corrected chi connectivity index (χ4v) is 1.45. The molecule has 0 aromatic heterocycles. The highest BCUT2D eigenvalue weighted by atomic mass is 35.5. The third-order valence-electron chi connectivity index (χ3n) is 1.76. The predicted octanol–water partition coefficient (Wildman–Crippen LogP) is 2.68. The summed E-state index contributed by atoms with van der Waals surface area (Å²) in [6.45, 7) is 0. The highest BCUT2D eigenvalue weighted by Crippen LogP contribution is 2.25. The van der Waals surface area contributed by atoms with E-state index in [1.807, 2.05) is 0 Å². The summed E-state index contributed by atoms with van der Waals surface area (Å²) in [4.78, 5) is 12.5. The summed E-state index contributed by atoms with van der Waals surface area (Å²) in [5.41, 5.74) is 0.443. The van der Waals surface area contributed by atoms with Crippen LogP contribution in [0.5, 0.6) is 0 Å². The van der Waals surface area contributed by atoms with Crippen molar-refractivity contribution in [2.75, 3.05) is 17.8 Å². The standard InChI is InChI=1S/C9H8Cl2FNO/c1-13(9(14)5-10)8-3-2-6(12)4-7(8)11/h2-4H,5H2,1H3. The maximum atomic E-state index is 12.7. The van der Waals surface area contributed by atoms with E-state index >= 15 is 0 Å². The molecule has 0 fully saturated rings. The van der Waals surface area contributed by atoms with E-state index in [9.17, 15) is 9.18 Å². The maximum Gasteiger partial charge on any atom is 0.241 e. The van der Waals surface area contributed by atoms with E-state index in [-0.39, 0.29) is 16.8 Å². The molecular weight excluding hydrogens is 228 g/mol. The van der Waals surface area contributed by atoms with Crippen LogP contribution in [-0.2, 0) is 4.79 Å². The Bertz CT molecular complexity index is 357. The van der Waals surface area contributed by atoms with E-state index in [0.717, 1.165) is 6.07 Å². The third-order valence-corrected chi connectivity index (χ3v) is 2.29. The Morgan fingerprint density at radius 3 is 2.71 bits per heavy atom. The second kappa shape index (κ2) is 4.62. The Morgan fingerprint density at radius 1 is 1.57 bits per heavy atom. The first-order valence-corrected chi connectivity index (χ1v) is 4.75. The maximum absolute atomic E-state index is 12.7. The third kappa shape index (κ3) is 2.36. The van der Waals surface area contributed by atoms with Gasteiger partial charge in [0.25, 0.3) is 0 Å². The number of alkyl halides is 1. The van der Waals surface area contributed by atoms with Crippen LogP contribution in [-0.4, -0.2) is 18.8 Å². The van der Waals surface area contributed by atoms with Crippen molar-refractivity contribution >= 4 is 34.8 Å². The van der Waals surface area contributed by atoms with Crippen molar-refractivity contribution in [1.82, 2.24) is 0 Å². The van der Waals surface area contributed by atoms with Gasteiger partial charge < -0.3 is 4.90 Å². The molecule has 0 saturated carbocycles. The predicted molar refractivity (Wildman–Crippen MR) is 55.5 cm³/mol. The molecule has 76 valence electrons. The van der Waals surface area contributed by atoms with Crippen molar-refractivity contribution in [2.45, 2.75) is 0 Å². The number of halogens is 3. The van der Waals surface area contributed by atoms with Crippen molar-refractivity contribution in [3.63, 3.8) is 0 Å². The van der Waals surface area contributed by atoms with E-state index in [2.05, 4.69) is 0 Å². The normalized spacial score (nSPS) is 10.0. The number of hydrogen-bond donors (Lipinski definition) is 0. The number of hydrogen-bond acceptors (Lipinski definition) is 1. The molecule has 1 rings (SSSR count). The molecule has 0 aliphatic heterocycles. The fourth-order valence-electron chi connectivity index (χ4n) is 0.977. The van der Waals surface area contributed by atoms with Gasteiger partial charge in [0.15, 0.2) is 0 Å². The average Bonchev–Trinajstić information content (AvgIpc) is 2.15. The summed E-state index contributed by atoms with van der Waals surface area (Å²) >= 11 is 11.1. The van der Waals surface area contributed by atoms with Crippen molar-refractivity contribution in [2.24, 2.45) is 0 Å². The Labute approximate surface area is 91.2 Å². The lowest BCUT2D eigenvalue weighted by molar-refractivity contribution is -0.116. The molecule has 0 aliphatic rings. The monoisotopic (exact) mass is 235 g/mol. The molecule has 0 unspecified atom stereocenters. The lowest BCUT2D eigenvalue weighted by Gasteiger charge is -2.17. The molecule has 1 aromatic carbocycles. The smallest absolute Gasteiger partial charge is 0.241 e. The van der Waals surface area contributed by atoms with E-state index in [1.54, 1.807) is 0 Å². The lowest BCUT2D eigenvalue weighted by Crippen LogP contribution is -2.27. The van der Waals surface area contributed by atoms with Crippen LogP contribution in [0.2, 0.25) is 5.02 Å². The molecule has 0 bridgehead atoms. The summed E-state index contributed by atoms with van der Waals surface area (Å²) in [5.74, 6) is -0.866. The van der Waals surface area contributed by atoms with Gasteiger partial charge in [-0.15, -0.1) is 11.6 Å². The quantitative estimate of drug-likeness (QED) is 0.723. The molecule has 2 nitrogen and oxygen atoms in total. The van der Waals surface area contributed by atoms with Gasteiger partial charge in [-0.2, -0.15) is 0 Å². The van der Waals surface area contributed by atoms with Crippen LogP contribution in [0.25, 0.3) is 0 Å². The molecule has 0 radical (unpaired) electrons. The number of carbonyl (C=O) groups excluding carboxylic acids is 1. The van der Waals surface area contributed by atoms with Gasteiger partial charge in [-0.3, -0.25) is 4.79 Å². The van der Waals surface area contributed by atoms with Gasteiger partial charge in [-0.25, -0.2) is 4.39 Å². The molecule has 0 spiro atoms. The second-order valence-electron chi connectivity index (χ2n) is 2.68. The van der Waals surface area contributed by atoms with E-state index in [0.29, 0.717) is 5.69 Å². The van der Waals surface area contributed by atoms with Crippen LogP contribution < -0.4 is 4.90 Å². The zero-order chi connectivity index (χ0) is 10.7. The minimum absolute atomic E-state index is 0.135. The first-order chi connectivity index (χ1) is 6.56. The molecule has 0 saturated heterocycles. The number of rotatable bonds is 2. The fraction of sp³-hybridized carbons (Fsp3) is 0.222. The van der Waals surface area contributed by atoms with Crippen LogP contribution in [0.3, 0.4) is 0 Å². The van der Waals surface area contributed by atoms with Gasteiger partial charge in [0.2, 0.25) is 5.91 Å². The molecule has 0 N–H and O–H groups in total. The molecular formula is C9H8Cl2FNO. The minimum Gasteiger partial charge on any atom is -0.313 e. The first kappa shape index (κ1) is 11.3. The number of carbonyl (C=O) groups is 1. The van der Waals surface area contributed by atoms with E-state index in [4.69, 9.17) is 23.2 Å². The van der Waals surface area contributed by atoms with Gasteiger partial charge >= 0.3 is 0 Å². The molecule has 0 heterocycles. The van der Waals surface area contributed by atoms with Gasteiger partial charge in [-0.1, -0.05) is 11.6 Å².